The van der Waals surface area contributed by atoms with Crippen molar-refractivity contribution in [2.45, 2.75) is 39.4 Å². The van der Waals surface area contributed by atoms with Gasteiger partial charge in [-0.25, -0.2) is 0 Å². The third-order valence-electron chi connectivity index (χ3n) is 3.55. The van der Waals surface area contributed by atoms with Gasteiger partial charge in [-0.3, -0.25) is 4.79 Å². The van der Waals surface area contributed by atoms with Crippen molar-refractivity contribution in [1.82, 2.24) is 10.1 Å². The largest absolute Gasteiger partial charge is 0.371 e. The van der Waals surface area contributed by atoms with Crippen LogP contribution in [0.2, 0.25) is 0 Å². The molecule has 0 radical (unpaired) electrons. The fraction of sp³-hybridized carbons (Fsp3) is 0.692. The summed E-state index contributed by atoms with van der Waals surface area (Å²) >= 11 is 0. The summed E-state index contributed by atoms with van der Waals surface area (Å²) < 4.78 is 11.0. The highest BCUT2D eigenvalue weighted by Crippen LogP contribution is 2.18. The van der Waals surface area contributed by atoms with Crippen LogP contribution in [0.15, 0.2) is 4.52 Å². The van der Waals surface area contributed by atoms with Crippen molar-refractivity contribution in [3.8, 4) is 0 Å². The number of likely N-dealkylation sites (tertiary alicyclic amines) is 1. The second-order valence-electron chi connectivity index (χ2n) is 4.92. The molecule has 1 aromatic heterocycles. The number of rotatable bonds is 4. The SMILES string of the molecule is Cc1noc(C)c1COC1CCCN(C(=O)CN)C1. The number of hydrogen-bond donors (Lipinski definition) is 1. The van der Waals surface area contributed by atoms with Crippen LogP contribution in [0.5, 0.6) is 0 Å². The number of nitrogens with two attached hydrogens (primary N) is 1. The van der Waals surface area contributed by atoms with Crippen LogP contribution in [-0.4, -0.2) is 41.7 Å². The molecule has 0 spiro atoms. The molecule has 19 heavy (non-hydrogen) atoms. The fourth-order valence-corrected chi connectivity index (χ4v) is 2.34. The Balaban J connectivity index is 1.88. The van der Waals surface area contributed by atoms with Crippen molar-refractivity contribution < 1.29 is 14.1 Å². The summed E-state index contributed by atoms with van der Waals surface area (Å²) in [5.41, 5.74) is 7.25. The molecule has 106 valence electrons. The molecule has 6 nitrogen and oxygen atoms in total. The van der Waals surface area contributed by atoms with Gasteiger partial charge in [0.2, 0.25) is 5.91 Å². The molecule has 1 atom stereocenters. The second-order valence-corrected chi connectivity index (χ2v) is 4.92. The summed E-state index contributed by atoms with van der Waals surface area (Å²) in [6.07, 6.45) is 1.99. The summed E-state index contributed by atoms with van der Waals surface area (Å²) in [4.78, 5) is 13.4. The van der Waals surface area contributed by atoms with Crippen LogP contribution in [0.4, 0.5) is 0 Å². The van der Waals surface area contributed by atoms with E-state index in [1.165, 1.54) is 0 Å². The molecule has 1 saturated heterocycles. The third-order valence-corrected chi connectivity index (χ3v) is 3.55. The van der Waals surface area contributed by atoms with Crippen LogP contribution >= 0.6 is 0 Å². The monoisotopic (exact) mass is 267 g/mol. The minimum absolute atomic E-state index is 0.00867. The Bertz CT molecular complexity index is 425. The van der Waals surface area contributed by atoms with E-state index in [9.17, 15) is 4.79 Å². The predicted octanol–water partition coefficient (Wildman–Crippen LogP) is 0.758. The Hall–Kier alpha value is -1.40. The topological polar surface area (TPSA) is 81.6 Å². The minimum Gasteiger partial charge on any atom is -0.371 e. The lowest BCUT2D eigenvalue weighted by Gasteiger charge is -2.32. The number of carbonyl (C=O) groups is 1. The van der Waals surface area contributed by atoms with E-state index in [1.54, 1.807) is 4.90 Å². The highest BCUT2D eigenvalue weighted by Gasteiger charge is 2.24. The van der Waals surface area contributed by atoms with Crippen molar-refractivity contribution in [3.63, 3.8) is 0 Å². The molecular weight excluding hydrogens is 246 g/mol. The van der Waals surface area contributed by atoms with E-state index in [1.807, 2.05) is 13.8 Å². The molecule has 0 aliphatic carbocycles. The summed E-state index contributed by atoms with van der Waals surface area (Å²) in [5.74, 6) is 0.786. The highest BCUT2D eigenvalue weighted by atomic mass is 16.5. The molecular formula is C13H21N3O3. The number of aryl methyl sites for hydroxylation is 2. The molecule has 1 aromatic rings. The van der Waals surface area contributed by atoms with E-state index in [4.69, 9.17) is 15.0 Å². The maximum Gasteiger partial charge on any atom is 0.236 e. The molecule has 0 saturated carbocycles. The number of carbonyl (C=O) groups excluding carboxylic acids is 1. The van der Waals surface area contributed by atoms with Gasteiger partial charge in [-0.05, 0) is 26.7 Å². The molecule has 1 fully saturated rings. The molecule has 2 rings (SSSR count). The summed E-state index contributed by atoms with van der Waals surface area (Å²) in [7, 11) is 0. The Morgan fingerprint density at radius 3 is 3.00 bits per heavy atom. The van der Waals surface area contributed by atoms with Crippen LogP contribution in [-0.2, 0) is 16.1 Å². The Morgan fingerprint density at radius 2 is 2.37 bits per heavy atom. The zero-order chi connectivity index (χ0) is 13.8. The zero-order valence-corrected chi connectivity index (χ0v) is 11.5. The van der Waals surface area contributed by atoms with E-state index < -0.39 is 0 Å². The van der Waals surface area contributed by atoms with Crippen LogP contribution in [0.3, 0.4) is 0 Å². The van der Waals surface area contributed by atoms with Gasteiger partial charge in [0.05, 0.1) is 24.9 Å². The molecule has 0 aromatic carbocycles. The molecule has 1 aliphatic rings. The molecule has 2 heterocycles. The quantitative estimate of drug-likeness (QED) is 0.871. The highest BCUT2D eigenvalue weighted by molar-refractivity contribution is 5.78. The fourth-order valence-electron chi connectivity index (χ4n) is 2.34. The number of amides is 1. The Kier molecular flexibility index (Phi) is 4.55. The summed E-state index contributed by atoms with van der Waals surface area (Å²) in [6.45, 7) is 5.73. The predicted molar refractivity (Wildman–Crippen MR) is 69.4 cm³/mol. The standard InChI is InChI=1S/C13H21N3O3/c1-9-12(10(2)19-15-9)8-18-11-4-3-5-16(7-11)13(17)6-14/h11H,3-8,14H2,1-2H3. The van der Waals surface area contributed by atoms with Crippen LogP contribution in [0.1, 0.15) is 29.9 Å². The van der Waals surface area contributed by atoms with Crippen LogP contribution in [0.25, 0.3) is 0 Å². The van der Waals surface area contributed by atoms with Crippen molar-refractivity contribution in [2.75, 3.05) is 19.6 Å². The number of hydrogen-bond acceptors (Lipinski definition) is 5. The minimum atomic E-state index is -0.00867. The molecule has 2 N–H and O–H groups in total. The molecule has 1 unspecified atom stereocenters. The van der Waals surface area contributed by atoms with Gasteiger partial charge in [-0.15, -0.1) is 0 Å². The molecule has 1 aliphatic heterocycles. The van der Waals surface area contributed by atoms with E-state index in [0.717, 1.165) is 36.4 Å². The maximum atomic E-state index is 11.6. The van der Waals surface area contributed by atoms with Crippen LogP contribution in [0, 0.1) is 13.8 Å². The average Bonchev–Trinajstić information content (AvgIpc) is 2.75. The lowest BCUT2D eigenvalue weighted by Crippen LogP contribution is -2.45. The number of aromatic nitrogens is 1. The van der Waals surface area contributed by atoms with Gasteiger partial charge in [0.1, 0.15) is 5.76 Å². The maximum absolute atomic E-state index is 11.6. The van der Waals surface area contributed by atoms with Crippen molar-refractivity contribution in [1.29, 1.82) is 0 Å². The van der Waals surface area contributed by atoms with E-state index >= 15 is 0 Å². The lowest BCUT2D eigenvalue weighted by atomic mass is 10.1. The summed E-state index contributed by atoms with van der Waals surface area (Å²) in [5, 5.41) is 3.90. The smallest absolute Gasteiger partial charge is 0.236 e. The number of ether oxygens (including phenoxy) is 1. The zero-order valence-electron chi connectivity index (χ0n) is 11.5. The van der Waals surface area contributed by atoms with Gasteiger partial charge in [-0.2, -0.15) is 0 Å². The normalized spacial score (nSPS) is 19.7. The average molecular weight is 267 g/mol. The van der Waals surface area contributed by atoms with Crippen LogP contribution < -0.4 is 5.73 Å². The lowest BCUT2D eigenvalue weighted by molar-refractivity contribution is -0.134. The first-order valence-electron chi connectivity index (χ1n) is 6.63. The van der Waals surface area contributed by atoms with E-state index in [0.29, 0.717) is 13.2 Å². The van der Waals surface area contributed by atoms with Crippen molar-refractivity contribution in [3.05, 3.63) is 17.0 Å². The molecule has 0 bridgehead atoms. The van der Waals surface area contributed by atoms with Gasteiger partial charge in [0.25, 0.3) is 0 Å². The van der Waals surface area contributed by atoms with Gasteiger partial charge in [0, 0.05) is 18.7 Å². The first kappa shape index (κ1) is 14.0. The third kappa shape index (κ3) is 3.33. The number of nitrogens with zero attached hydrogens (tertiary/aromatic N) is 2. The van der Waals surface area contributed by atoms with E-state index in [2.05, 4.69) is 5.16 Å². The van der Waals surface area contributed by atoms with Gasteiger partial charge < -0.3 is 19.9 Å². The van der Waals surface area contributed by atoms with Crippen molar-refractivity contribution in [2.24, 2.45) is 5.73 Å². The Labute approximate surface area is 112 Å². The second kappa shape index (κ2) is 6.16. The van der Waals surface area contributed by atoms with Gasteiger partial charge in [-0.1, -0.05) is 5.16 Å². The first-order chi connectivity index (χ1) is 9.11. The Morgan fingerprint density at radius 1 is 1.58 bits per heavy atom. The molecule has 1 amide bonds. The summed E-state index contributed by atoms with van der Waals surface area (Å²) in [6, 6.07) is 0. The van der Waals surface area contributed by atoms with Gasteiger partial charge in [0.15, 0.2) is 0 Å². The molecule has 6 heteroatoms. The first-order valence-corrected chi connectivity index (χ1v) is 6.63. The van der Waals surface area contributed by atoms with Crippen molar-refractivity contribution >= 4 is 5.91 Å². The van der Waals surface area contributed by atoms with E-state index in [-0.39, 0.29) is 18.6 Å². The van der Waals surface area contributed by atoms with Gasteiger partial charge >= 0.3 is 0 Å². The number of piperidine rings is 1.